The molecule has 0 spiro atoms. The Balaban J connectivity index is 3.18. The van der Waals surface area contributed by atoms with Crippen LogP contribution in [0.3, 0.4) is 0 Å². The Kier molecular flexibility index (Phi) is 3.31. The predicted molar refractivity (Wildman–Crippen MR) is 48.7 cm³/mol. The van der Waals surface area contributed by atoms with Crippen LogP contribution in [-0.4, -0.2) is 5.88 Å². The number of alkyl halides is 1. The van der Waals surface area contributed by atoms with Gasteiger partial charge in [0.05, 0.1) is 11.4 Å². The van der Waals surface area contributed by atoms with Gasteiger partial charge in [-0.2, -0.15) is 5.26 Å². The van der Waals surface area contributed by atoms with Crippen LogP contribution >= 0.6 is 11.6 Å². The van der Waals surface area contributed by atoms with Crippen LogP contribution in [0.5, 0.6) is 0 Å². The Morgan fingerprint density at radius 2 is 2.15 bits per heavy atom. The molecule has 64 valence electrons. The molecule has 0 aliphatic heterocycles. The molecule has 0 aliphatic carbocycles. The second-order valence-corrected chi connectivity index (χ2v) is 2.50. The standard InChI is InChI=1S/C10H5ClFN/c11-5-1-2-8-6-10(12)4-3-9(8)7-13/h3-4,6H,5H2. The minimum atomic E-state index is -0.405. The highest BCUT2D eigenvalue weighted by Crippen LogP contribution is 2.08. The monoisotopic (exact) mass is 193 g/mol. The summed E-state index contributed by atoms with van der Waals surface area (Å²) in [5.41, 5.74) is 0.738. The number of halogens is 2. The molecule has 0 amide bonds. The van der Waals surface area contributed by atoms with E-state index in [1.165, 1.54) is 18.2 Å². The van der Waals surface area contributed by atoms with E-state index < -0.39 is 5.82 Å². The smallest absolute Gasteiger partial charge is 0.124 e. The maximum absolute atomic E-state index is 12.7. The SMILES string of the molecule is N#Cc1ccc(F)cc1C#CCCl. The normalized spacial score (nSPS) is 8.38. The van der Waals surface area contributed by atoms with Gasteiger partial charge in [0.25, 0.3) is 0 Å². The van der Waals surface area contributed by atoms with E-state index >= 15 is 0 Å². The Bertz CT molecular complexity index is 409. The van der Waals surface area contributed by atoms with E-state index in [2.05, 4.69) is 11.8 Å². The van der Waals surface area contributed by atoms with Gasteiger partial charge in [0.1, 0.15) is 11.9 Å². The molecule has 0 aromatic heterocycles. The summed E-state index contributed by atoms with van der Waals surface area (Å²) in [7, 11) is 0. The fraction of sp³-hybridized carbons (Fsp3) is 0.100. The van der Waals surface area contributed by atoms with Crippen LogP contribution < -0.4 is 0 Å². The van der Waals surface area contributed by atoms with Gasteiger partial charge in [-0.25, -0.2) is 4.39 Å². The molecule has 0 heterocycles. The zero-order chi connectivity index (χ0) is 9.68. The summed E-state index contributed by atoms with van der Waals surface area (Å²) in [5.74, 6) is 4.94. The molecular formula is C10H5ClFN. The summed E-state index contributed by atoms with van der Waals surface area (Å²) in [4.78, 5) is 0. The molecule has 0 atom stereocenters. The second kappa shape index (κ2) is 4.50. The van der Waals surface area contributed by atoms with Crippen molar-refractivity contribution in [3.8, 4) is 17.9 Å². The molecule has 1 nitrogen and oxygen atoms in total. The Labute approximate surface area is 80.8 Å². The number of hydrogen-bond donors (Lipinski definition) is 0. The largest absolute Gasteiger partial charge is 0.207 e. The topological polar surface area (TPSA) is 23.8 Å². The van der Waals surface area contributed by atoms with Gasteiger partial charge in [0, 0.05) is 5.56 Å². The summed E-state index contributed by atoms with van der Waals surface area (Å²) >= 11 is 5.34. The lowest BCUT2D eigenvalue weighted by atomic mass is 10.1. The lowest BCUT2D eigenvalue weighted by Gasteiger charge is -1.93. The zero-order valence-corrected chi connectivity index (χ0v) is 7.40. The van der Waals surface area contributed by atoms with Crippen LogP contribution in [0, 0.1) is 29.0 Å². The van der Waals surface area contributed by atoms with E-state index in [0.29, 0.717) is 11.1 Å². The first-order valence-electron chi connectivity index (χ1n) is 3.52. The van der Waals surface area contributed by atoms with Gasteiger partial charge in [0.2, 0.25) is 0 Å². The Hall–Kier alpha value is -1.51. The average molecular weight is 194 g/mol. The quantitative estimate of drug-likeness (QED) is 0.458. The van der Waals surface area contributed by atoms with Crippen LogP contribution in [0.25, 0.3) is 0 Å². The van der Waals surface area contributed by atoms with Crippen molar-refractivity contribution in [2.75, 3.05) is 5.88 Å². The van der Waals surface area contributed by atoms with E-state index in [1.54, 1.807) is 0 Å². The zero-order valence-electron chi connectivity index (χ0n) is 6.64. The summed E-state index contributed by atoms with van der Waals surface area (Å²) in [5, 5.41) is 8.64. The molecule has 0 radical (unpaired) electrons. The average Bonchev–Trinajstić information content (AvgIpc) is 2.15. The third kappa shape index (κ3) is 2.47. The molecule has 0 aliphatic rings. The highest BCUT2D eigenvalue weighted by Gasteiger charge is 1.99. The minimum Gasteiger partial charge on any atom is -0.207 e. The van der Waals surface area contributed by atoms with E-state index in [0.717, 1.165) is 0 Å². The third-order valence-corrected chi connectivity index (χ3v) is 1.53. The van der Waals surface area contributed by atoms with Gasteiger partial charge in [-0.3, -0.25) is 0 Å². The lowest BCUT2D eigenvalue weighted by molar-refractivity contribution is 0.627. The van der Waals surface area contributed by atoms with E-state index in [4.69, 9.17) is 16.9 Å². The van der Waals surface area contributed by atoms with Gasteiger partial charge in [-0.1, -0.05) is 11.8 Å². The van der Waals surface area contributed by atoms with Gasteiger partial charge >= 0.3 is 0 Å². The van der Waals surface area contributed by atoms with Crippen molar-refractivity contribution in [2.45, 2.75) is 0 Å². The minimum absolute atomic E-state index is 0.168. The molecule has 0 unspecified atom stereocenters. The fourth-order valence-corrected chi connectivity index (χ4v) is 0.913. The molecule has 0 saturated heterocycles. The highest BCUT2D eigenvalue weighted by atomic mass is 35.5. The molecule has 3 heteroatoms. The molecule has 0 N–H and O–H groups in total. The van der Waals surface area contributed by atoms with Crippen molar-refractivity contribution in [3.63, 3.8) is 0 Å². The maximum Gasteiger partial charge on any atom is 0.124 e. The molecule has 0 saturated carbocycles. The van der Waals surface area contributed by atoms with Gasteiger partial charge in [-0.05, 0) is 18.2 Å². The van der Waals surface area contributed by atoms with Crippen molar-refractivity contribution in [3.05, 3.63) is 35.1 Å². The summed E-state index contributed by atoms with van der Waals surface area (Å²) in [6, 6.07) is 5.76. The number of rotatable bonds is 0. The summed E-state index contributed by atoms with van der Waals surface area (Å²) < 4.78 is 12.7. The van der Waals surface area contributed by atoms with Crippen molar-refractivity contribution in [1.82, 2.24) is 0 Å². The molecular weight excluding hydrogens is 189 g/mol. The number of benzene rings is 1. The van der Waals surface area contributed by atoms with Crippen molar-refractivity contribution in [2.24, 2.45) is 0 Å². The van der Waals surface area contributed by atoms with Crippen LogP contribution in [0.15, 0.2) is 18.2 Å². The first kappa shape index (κ1) is 9.58. The number of nitriles is 1. The van der Waals surface area contributed by atoms with Crippen LogP contribution in [0.1, 0.15) is 11.1 Å². The first-order chi connectivity index (χ1) is 6.27. The predicted octanol–water partition coefficient (Wildman–Crippen LogP) is 2.29. The van der Waals surface area contributed by atoms with Gasteiger partial charge in [-0.15, -0.1) is 11.6 Å². The molecule has 0 fully saturated rings. The maximum atomic E-state index is 12.7. The number of nitrogens with zero attached hydrogens (tertiary/aromatic N) is 1. The van der Waals surface area contributed by atoms with Crippen LogP contribution in [0.2, 0.25) is 0 Å². The summed E-state index contributed by atoms with van der Waals surface area (Å²) in [6.07, 6.45) is 0. The van der Waals surface area contributed by atoms with E-state index in [9.17, 15) is 4.39 Å². The van der Waals surface area contributed by atoms with E-state index in [1.807, 2.05) is 6.07 Å². The van der Waals surface area contributed by atoms with Gasteiger partial charge in [0.15, 0.2) is 0 Å². The second-order valence-electron chi connectivity index (χ2n) is 2.24. The molecule has 13 heavy (non-hydrogen) atoms. The third-order valence-electron chi connectivity index (χ3n) is 1.39. The van der Waals surface area contributed by atoms with Crippen LogP contribution in [0.4, 0.5) is 4.39 Å². The fourth-order valence-electron chi connectivity index (χ4n) is 0.846. The molecule has 1 rings (SSSR count). The first-order valence-corrected chi connectivity index (χ1v) is 4.06. The van der Waals surface area contributed by atoms with E-state index in [-0.39, 0.29) is 5.88 Å². The van der Waals surface area contributed by atoms with Crippen molar-refractivity contribution in [1.29, 1.82) is 5.26 Å². The molecule has 1 aromatic rings. The van der Waals surface area contributed by atoms with Crippen molar-refractivity contribution < 1.29 is 4.39 Å². The lowest BCUT2D eigenvalue weighted by Crippen LogP contribution is -1.85. The van der Waals surface area contributed by atoms with Gasteiger partial charge < -0.3 is 0 Å². The van der Waals surface area contributed by atoms with Crippen molar-refractivity contribution >= 4 is 11.6 Å². The number of hydrogen-bond acceptors (Lipinski definition) is 1. The van der Waals surface area contributed by atoms with Crippen LogP contribution in [-0.2, 0) is 0 Å². The molecule has 0 bridgehead atoms. The Morgan fingerprint density at radius 3 is 2.77 bits per heavy atom. The summed E-state index contributed by atoms with van der Waals surface area (Å²) in [6.45, 7) is 0. The Morgan fingerprint density at radius 1 is 1.38 bits per heavy atom. The highest BCUT2D eigenvalue weighted by molar-refractivity contribution is 6.19. The molecule has 1 aromatic carbocycles.